The first kappa shape index (κ1) is 21.6. The molecule has 3 aromatic rings. The molecule has 0 fully saturated rings. The molecule has 1 amide bonds. The lowest BCUT2D eigenvalue weighted by Crippen LogP contribution is -2.41. The molecule has 1 unspecified atom stereocenters. The standard InChI is InChI=1S/C24H19BrClNO4/c1-31-18-7-4-6-15(11-18)22(28)13-24(30)19-12-17(25)9-10-21(19)27(23(24)29)14-16-5-2-3-8-20(16)26/h2-12,30H,13-14H2,1H3. The van der Waals surface area contributed by atoms with Crippen molar-refractivity contribution in [3.05, 3.63) is 92.9 Å². The van der Waals surface area contributed by atoms with Crippen molar-refractivity contribution in [3.63, 3.8) is 0 Å². The lowest BCUT2D eigenvalue weighted by molar-refractivity contribution is -0.136. The topological polar surface area (TPSA) is 66.8 Å². The van der Waals surface area contributed by atoms with Crippen LogP contribution in [0.2, 0.25) is 5.02 Å². The van der Waals surface area contributed by atoms with Crippen molar-refractivity contribution in [2.45, 2.75) is 18.6 Å². The number of Topliss-reactive ketones (excluding diaryl/α,β-unsaturated/α-hetero) is 1. The second-order valence-electron chi connectivity index (χ2n) is 7.34. The number of benzene rings is 3. The van der Waals surface area contributed by atoms with Crippen LogP contribution in [0.3, 0.4) is 0 Å². The minimum absolute atomic E-state index is 0.183. The van der Waals surface area contributed by atoms with Gasteiger partial charge in [-0.05, 0) is 42.0 Å². The summed E-state index contributed by atoms with van der Waals surface area (Å²) in [6.07, 6.45) is -0.387. The number of carbonyl (C=O) groups excluding carboxylic acids is 2. The maximum absolute atomic E-state index is 13.4. The van der Waals surface area contributed by atoms with Crippen LogP contribution in [0, 0.1) is 0 Å². The summed E-state index contributed by atoms with van der Waals surface area (Å²) >= 11 is 9.69. The molecule has 1 aliphatic rings. The number of ketones is 1. The van der Waals surface area contributed by atoms with E-state index in [-0.39, 0.29) is 18.7 Å². The molecule has 31 heavy (non-hydrogen) atoms. The Balaban J connectivity index is 1.72. The quantitative estimate of drug-likeness (QED) is 0.477. The van der Waals surface area contributed by atoms with E-state index in [1.165, 1.54) is 12.0 Å². The normalized spacial score (nSPS) is 17.5. The van der Waals surface area contributed by atoms with E-state index < -0.39 is 11.5 Å². The summed E-state index contributed by atoms with van der Waals surface area (Å²) in [7, 11) is 1.51. The van der Waals surface area contributed by atoms with Crippen molar-refractivity contribution >= 4 is 44.9 Å². The van der Waals surface area contributed by atoms with Crippen LogP contribution in [0.4, 0.5) is 5.69 Å². The van der Waals surface area contributed by atoms with E-state index in [9.17, 15) is 14.7 Å². The molecule has 1 atom stereocenters. The predicted octanol–water partition coefficient (Wildman–Crippen LogP) is 5.12. The lowest BCUT2D eigenvalue weighted by atomic mass is 9.88. The number of anilines is 1. The summed E-state index contributed by atoms with van der Waals surface area (Å²) in [6, 6.07) is 19.1. The maximum atomic E-state index is 13.4. The summed E-state index contributed by atoms with van der Waals surface area (Å²) in [6.45, 7) is 0.183. The molecule has 0 aliphatic carbocycles. The monoisotopic (exact) mass is 499 g/mol. The molecule has 4 rings (SSSR count). The van der Waals surface area contributed by atoms with Gasteiger partial charge in [0.15, 0.2) is 11.4 Å². The lowest BCUT2D eigenvalue weighted by Gasteiger charge is -2.23. The van der Waals surface area contributed by atoms with Gasteiger partial charge >= 0.3 is 0 Å². The molecule has 0 saturated heterocycles. The van der Waals surface area contributed by atoms with Crippen molar-refractivity contribution < 1.29 is 19.4 Å². The zero-order chi connectivity index (χ0) is 22.2. The van der Waals surface area contributed by atoms with Crippen LogP contribution in [0.1, 0.15) is 27.9 Å². The van der Waals surface area contributed by atoms with Gasteiger partial charge in [-0.1, -0.05) is 57.9 Å². The van der Waals surface area contributed by atoms with Gasteiger partial charge in [0.2, 0.25) is 0 Å². The van der Waals surface area contributed by atoms with Crippen LogP contribution < -0.4 is 9.64 Å². The smallest absolute Gasteiger partial charge is 0.264 e. The first-order valence-corrected chi connectivity index (χ1v) is 10.8. The Labute approximate surface area is 193 Å². The van der Waals surface area contributed by atoms with Crippen molar-refractivity contribution in [1.29, 1.82) is 0 Å². The summed E-state index contributed by atoms with van der Waals surface area (Å²) in [4.78, 5) is 27.9. The molecule has 0 radical (unpaired) electrons. The Morgan fingerprint density at radius 2 is 1.90 bits per heavy atom. The number of rotatable bonds is 6. The fourth-order valence-electron chi connectivity index (χ4n) is 3.78. The molecule has 1 N–H and O–H groups in total. The number of nitrogens with zero attached hydrogens (tertiary/aromatic N) is 1. The number of aliphatic hydroxyl groups is 1. The second kappa shape index (κ2) is 8.46. The van der Waals surface area contributed by atoms with Crippen LogP contribution in [0.15, 0.2) is 71.2 Å². The average Bonchev–Trinajstić information content (AvgIpc) is 2.96. The third-order valence-corrected chi connectivity index (χ3v) is 6.25. The fraction of sp³-hybridized carbons (Fsp3) is 0.167. The van der Waals surface area contributed by atoms with E-state index in [4.69, 9.17) is 16.3 Å². The molecule has 0 spiro atoms. The largest absolute Gasteiger partial charge is 0.497 e. The van der Waals surface area contributed by atoms with Crippen LogP contribution in [0.5, 0.6) is 5.75 Å². The molecular formula is C24H19BrClNO4. The van der Waals surface area contributed by atoms with Gasteiger partial charge in [-0.2, -0.15) is 0 Å². The molecule has 158 valence electrons. The van der Waals surface area contributed by atoms with Gasteiger partial charge in [-0.15, -0.1) is 0 Å². The van der Waals surface area contributed by atoms with Crippen LogP contribution in [-0.2, 0) is 16.9 Å². The number of amides is 1. The number of carbonyl (C=O) groups is 2. The van der Waals surface area contributed by atoms with Crippen molar-refractivity contribution in [1.82, 2.24) is 0 Å². The number of ether oxygens (including phenoxy) is 1. The summed E-state index contributed by atoms with van der Waals surface area (Å²) in [5.74, 6) is -0.392. The van der Waals surface area contributed by atoms with E-state index in [0.717, 1.165) is 5.56 Å². The molecule has 1 aliphatic heterocycles. The van der Waals surface area contributed by atoms with E-state index in [0.29, 0.717) is 32.1 Å². The molecule has 0 saturated carbocycles. The minimum Gasteiger partial charge on any atom is -0.497 e. The highest BCUT2D eigenvalue weighted by Crippen LogP contribution is 2.45. The Morgan fingerprint density at radius 1 is 1.13 bits per heavy atom. The fourth-order valence-corrected chi connectivity index (χ4v) is 4.34. The first-order chi connectivity index (χ1) is 14.8. The Hall–Kier alpha value is -2.67. The zero-order valence-corrected chi connectivity index (χ0v) is 19.0. The highest BCUT2D eigenvalue weighted by Gasteiger charge is 2.51. The van der Waals surface area contributed by atoms with Crippen LogP contribution in [-0.4, -0.2) is 23.9 Å². The molecule has 0 bridgehead atoms. The third kappa shape index (κ3) is 3.99. The third-order valence-electron chi connectivity index (χ3n) is 5.39. The van der Waals surface area contributed by atoms with Crippen LogP contribution >= 0.6 is 27.5 Å². The summed E-state index contributed by atoms with van der Waals surface area (Å²) in [5, 5.41) is 12.0. The Bertz CT molecular complexity index is 1180. The van der Waals surface area contributed by atoms with Crippen molar-refractivity contribution in [2.75, 3.05) is 12.0 Å². The van der Waals surface area contributed by atoms with Gasteiger partial charge in [-0.25, -0.2) is 0 Å². The van der Waals surface area contributed by atoms with E-state index in [2.05, 4.69) is 15.9 Å². The van der Waals surface area contributed by atoms with Gasteiger partial charge in [0.1, 0.15) is 5.75 Å². The molecule has 5 nitrogen and oxygen atoms in total. The van der Waals surface area contributed by atoms with E-state index in [1.807, 2.05) is 18.2 Å². The van der Waals surface area contributed by atoms with Crippen molar-refractivity contribution in [2.24, 2.45) is 0 Å². The number of fused-ring (bicyclic) bond motifs is 1. The summed E-state index contributed by atoms with van der Waals surface area (Å²) < 4.78 is 5.88. The molecule has 3 aromatic carbocycles. The van der Waals surface area contributed by atoms with E-state index >= 15 is 0 Å². The summed E-state index contributed by atoms with van der Waals surface area (Å²) in [5.41, 5.74) is 0.0567. The Kier molecular flexibility index (Phi) is 5.88. The highest BCUT2D eigenvalue weighted by atomic mass is 79.9. The Morgan fingerprint density at radius 3 is 2.65 bits per heavy atom. The van der Waals surface area contributed by atoms with Gasteiger partial charge in [0.05, 0.1) is 25.8 Å². The van der Waals surface area contributed by atoms with Gasteiger partial charge in [-0.3, -0.25) is 9.59 Å². The van der Waals surface area contributed by atoms with Gasteiger partial charge < -0.3 is 14.7 Å². The van der Waals surface area contributed by atoms with Gasteiger partial charge in [0, 0.05) is 20.6 Å². The average molecular weight is 501 g/mol. The first-order valence-electron chi connectivity index (χ1n) is 9.58. The maximum Gasteiger partial charge on any atom is 0.264 e. The minimum atomic E-state index is -1.99. The molecule has 1 heterocycles. The number of halogens is 2. The second-order valence-corrected chi connectivity index (χ2v) is 8.66. The predicted molar refractivity (Wildman–Crippen MR) is 123 cm³/mol. The number of hydrogen-bond donors (Lipinski definition) is 1. The van der Waals surface area contributed by atoms with Gasteiger partial charge in [0.25, 0.3) is 5.91 Å². The number of hydrogen-bond acceptors (Lipinski definition) is 4. The zero-order valence-electron chi connectivity index (χ0n) is 16.6. The molecule has 0 aromatic heterocycles. The number of methoxy groups -OCH3 is 1. The molecule has 7 heteroatoms. The van der Waals surface area contributed by atoms with Crippen LogP contribution in [0.25, 0.3) is 0 Å². The SMILES string of the molecule is COc1cccc(C(=O)CC2(O)C(=O)N(Cc3ccccc3Cl)c3ccc(Br)cc32)c1. The van der Waals surface area contributed by atoms with Crippen molar-refractivity contribution in [3.8, 4) is 5.75 Å². The van der Waals surface area contributed by atoms with E-state index in [1.54, 1.807) is 48.5 Å². The molecular weight excluding hydrogens is 482 g/mol. The highest BCUT2D eigenvalue weighted by molar-refractivity contribution is 9.10.